The second-order valence-corrected chi connectivity index (χ2v) is 6.80. The third-order valence-electron chi connectivity index (χ3n) is 4.47. The maximum absolute atomic E-state index is 12.5. The molecule has 0 bridgehead atoms. The summed E-state index contributed by atoms with van der Waals surface area (Å²) in [7, 11) is 1.62. The second-order valence-electron chi connectivity index (χ2n) is 6.80. The fourth-order valence-corrected chi connectivity index (χ4v) is 3.15. The highest BCUT2D eigenvalue weighted by Gasteiger charge is 2.39. The Bertz CT molecular complexity index is 452. The van der Waals surface area contributed by atoms with Crippen LogP contribution in [0.25, 0.3) is 0 Å². The van der Waals surface area contributed by atoms with Gasteiger partial charge in [-0.2, -0.15) is 0 Å². The lowest BCUT2D eigenvalue weighted by Gasteiger charge is -2.32. The van der Waals surface area contributed by atoms with E-state index in [9.17, 15) is 4.79 Å². The summed E-state index contributed by atoms with van der Waals surface area (Å²) in [5.74, 6) is 1.59. The number of allylic oxidation sites excluding steroid dienone is 1. The van der Waals surface area contributed by atoms with Gasteiger partial charge in [-0.25, -0.2) is 0 Å². The van der Waals surface area contributed by atoms with Gasteiger partial charge < -0.3 is 9.39 Å². The summed E-state index contributed by atoms with van der Waals surface area (Å²) in [5, 5.41) is 0. The van der Waals surface area contributed by atoms with Gasteiger partial charge in [0.05, 0.1) is 13.2 Å². The van der Waals surface area contributed by atoms with Crippen molar-refractivity contribution in [2.45, 2.75) is 79.0 Å². The first-order valence-electron chi connectivity index (χ1n) is 9.41. The minimum Gasteiger partial charge on any atom is -0.549 e. The normalized spacial score (nSPS) is 18.2. The molecule has 0 unspecified atom stereocenters. The van der Waals surface area contributed by atoms with Crippen molar-refractivity contribution in [3.63, 3.8) is 0 Å². The van der Waals surface area contributed by atoms with E-state index in [1.807, 2.05) is 13.0 Å². The van der Waals surface area contributed by atoms with E-state index in [4.69, 9.17) is 9.39 Å². The van der Waals surface area contributed by atoms with Crippen LogP contribution in [0.15, 0.2) is 23.8 Å². The molecule has 1 aliphatic rings. The van der Waals surface area contributed by atoms with Gasteiger partial charge in [-0.1, -0.05) is 53.4 Å². The predicted molar refractivity (Wildman–Crippen MR) is 101 cm³/mol. The van der Waals surface area contributed by atoms with Gasteiger partial charge in [-0.15, -0.1) is 0 Å². The summed E-state index contributed by atoms with van der Waals surface area (Å²) in [6.07, 6.45) is 10.2. The average Bonchev–Trinajstić information content (AvgIpc) is 2.91. The summed E-state index contributed by atoms with van der Waals surface area (Å²) in [6.45, 7) is 10.7. The lowest BCUT2D eigenvalue weighted by atomic mass is 9.59. The number of carbonyl (C=O) groups excluding carboxylic acids is 1. The lowest BCUT2D eigenvalue weighted by molar-refractivity contribution is -0.126. The average molecular weight is 335 g/mol. The van der Waals surface area contributed by atoms with Crippen LogP contribution in [-0.4, -0.2) is 30.9 Å². The van der Waals surface area contributed by atoms with Crippen LogP contribution in [-0.2, 0) is 14.2 Å². The Labute approximate surface area is 148 Å². The van der Waals surface area contributed by atoms with Crippen molar-refractivity contribution in [1.29, 1.82) is 0 Å². The highest BCUT2D eigenvalue weighted by atomic mass is 16.5. The van der Waals surface area contributed by atoms with Crippen molar-refractivity contribution in [2.24, 2.45) is 5.92 Å². The number of ether oxygens (including phenoxy) is 1. The molecule has 0 spiro atoms. The number of amides is 1. The van der Waals surface area contributed by atoms with Gasteiger partial charge >= 0.3 is 6.92 Å². The zero-order valence-corrected chi connectivity index (χ0v) is 16.3. The molecule has 5 heteroatoms. The topological polar surface area (TPSA) is 38.8 Å². The first kappa shape index (κ1) is 20.7. The maximum Gasteiger partial charge on any atom is 0.359 e. The van der Waals surface area contributed by atoms with Crippen molar-refractivity contribution in [2.75, 3.05) is 7.11 Å². The first-order chi connectivity index (χ1) is 11.5. The standard InChI is InChI=1S/C19H34BNO3/c1-7-10-12-20(13-11-8-2)24-18(9-3)21-17(22)14-16(23-6)19(21)15(4)5/h9,14-15,19H,7-8,10-13H2,1-6H3/b18-9+/t19-/m0/s1. The number of methoxy groups -OCH3 is 1. The number of hydrogen-bond acceptors (Lipinski definition) is 3. The molecule has 0 aliphatic carbocycles. The van der Waals surface area contributed by atoms with Crippen LogP contribution in [0.1, 0.15) is 60.3 Å². The molecule has 4 nitrogen and oxygen atoms in total. The predicted octanol–water partition coefficient (Wildman–Crippen LogP) is 4.85. The van der Waals surface area contributed by atoms with Crippen LogP contribution in [0.3, 0.4) is 0 Å². The third kappa shape index (κ3) is 5.32. The second kappa shape index (κ2) is 10.5. The number of hydrogen-bond donors (Lipinski definition) is 0. The zero-order chi connectivity index (χ0) is 18.1. The Hall–Kier alpha value is -1.39. The largest absolute Gasteiger partial charge is 0.549 e. The minimum absolute atomic E-state index is 0.0524. The Kier molecular flexibility index (Phi) is 9.02. The number of rotatable bonds is 11. The Morgan fingerprint density at radius 2 is 1.88 bits per heavy atom. The third-order valence-corrected chi connectivity index (χ3v) is 4.47. The van der Waals surface area contributed by atoms with Gasteiger partial charge in [0.15, 0.2) is 5.88 Å². The SMILES string of the molecule is C/C=C(/OB(CCCC)CCCC)N1C(=O)C=C(OC)[C@@H]1C(C)C. The molecule has 0 radical (unpaired) electrons. The highest BCUT2D eigenvalue weighted by Crippen LogP contribution is 2.31. The molecule has 0 aromatic rings. The fourth-order valence-electron chi connectivity index (χ4n) is 3.15. The molecule has 1 atom stereocenters. The van der Waals surface area contributed by atoms with E-state index in [0.717, 1.165) is 44.1 Å². The summed E-state index contributed by atoms with van der Waals surface area (Å²) in [6, 6.07) is -0.0910. The summed E-state index contributed by atoms with van der Waals surface area (Å²) in [4.78, 5) is 14.3. The Morgan fingerprint density at radius 3 is 2.29 bits per heavy atom. The molecule has 1 rings (SSSR count). The smallest absolute Gasteiger partial charge is 0.359 e. The van der Waals surface area contributed by atoms with Crippen molar-refractivity contribution >= 4 is 12.8 Å². The highest BCUT2D eigenvalue weighted by molar-refractivity contribution is 6.52. The molecule has 1 aliphatic heterocycles. The monoisotopic (exact) mass is 335 g/mol. The van der Waals surface area contributed by atoms with Gasteiger partial charge in [-0.3, -0.25) is 9.69 Å². The van der Waals surface area contributed by atoms with Crippen LogP contribution < -0.4 is 0 Å². The first-order valence-corrected chi connectivity index (χ1v) is 9.41. The van der Waals surface area contributed by atoms with Crippen LogP contribution in [0.4, 0.5) is 0 Å². The van der Waals surface area contributed by atoms with Crippen molar-refractivity contribution in [3.8, 4) is 0 Å². The van der Waals surface area contributed by atoms with Crippen LogP contribution >= 0.6 is 0 Å². The van der Waals surface area contributed by atoms with Crippen LogP contribution in [0, 0.1) is 5.92 Å². The van der Waals surface area contributed by atoms with Crippen molar-refractivity contribution in [1.82, 2.24) is 4.90 Å². The van der Waals surface area contributed by atoms with Gasteiger partial charge in [0.1, 0.15) is 5.76 Å². The molecule has 1 amide bonds. The molecule has 0 aromatic carbocycles. The molecule has 1 heterocycles. The molecule has 136 valence electrons. The maximum atomic E-state index is 12.5. The number of nitrogens with zero attached hydrogens (tertiary/aromatic N) is 1. The van der Waals surface area contributed by atoms with Crippen LogP contribution in [0.5, 0.6) is 0 Å². The Morgan fingerprint density at radius 1 is 1.29 bits per heavy atom. The Balaban J connectivity index is 2.91. The molecular weight excluding hydrogens is 301 g/mol. The number of carbonyl (C=O) groups is 1. The summed E-state index contributed by atoms with van der Waals surface area (Å²) < 4.78 is 11.7. The van der Waals surface area contributed by atoms with Crippen molar-refractivity contribution < 1.29 is 14.2 Å². The fraction of sp³-hybridized carbons (Fsp3) is 0.737. The molecule has 0 N–H and O–H groups in total. The van der Waals surface area contributed by atoms with Crippen LogP contribution in [0.2, 0.25) is 12.6 Å². The quantitative estimate of drug-likeness (QED) is 0.400. The molecular formula is C19H34BNO3. The summed E-state index contributed by atoms with van der Waals surface area (Å²) in [5.41, 5.74) is 0. The van der Waals surface area contributed by atoms with Gasteiger partial charge in [0.2, 0.25) is 0 Å². The van der Waals surface area contributed by atoms with E-state index in [2.05, 4.69) is 27.7 Å². The van der Waals surface area contributed by atoms with E-state index in [0.29, 0.717) is 5.88 Å². The molecule has 24 heavy (non-hydrogen) atoms. The zero-order valence-electron chi connectivity index (χ0n) is 16.3. The summed E-state index contributed by atoms with van der Waals surface area (Å²) >= 11 is 0. The van der Waals surface area contributed by atoms with Gasteiger partial charge in [0.25, 0.3) is 5.91 Å². The minimum atomic E-state index is -0.0910. The molecule has 0 saturated heterocycles. The molecule has 0 fully saturated rings. The van der Waals surface area contributed by atoms with Gasteiger partial charge in [-0.05, 0) is 31.6 Å². The van der Waals surface area contributed by atoms with E-state index in [-0.39, 0.29) is 24.8 Å². The van der Waals surface area contributed by atoms with E-state index in [1.54, 1.807) is 18.1 Å². The van der Waals surface area contributed by atoms with Gasteiger partial charge in [0, 0.05) is 6.08 Å². The van der Waals surface area contributed by atoms with E-state index >= 15 is 0 Å². The number of unbranched alkanes of at least 4 members (excludes halogenated alkanes) is 2. The molecule has 0 saturated carbocycles. The van der Waals surface area contributed by atoms with E-state index in [1.165, 1.54) is 0 Å². The lowest BCUT2D eigenvalue weighted by Crippen LogP contribution is -2.40. The van der Waals surface area contributed by atoms with E-state index < -0.39 is 0 Å². The molecule has 0 aromatic heterocycles. The van der Waals surface area contributed by atoms with Crippen molar-refractivity contribution in [3.05, 3.63) is 23.8 Å².